The van der Waals surface area contributed by atoms with Gasteiger partial charge in [-0.25, -0.2) is 4.79 Å². The van der Waals surface area contributed by atoms with E-state index in [4.69, 9.17) is 39.5 Å². The number of aryl methyl sites for hydroxylation is 1. The van der Waals surface area contributed by atoms with E-state index in [1.165, 1.54) is 63.7 Å². The van der Waals surface area contributed by atoms with Crippen molar-refractivity contribution in [2.45, 2.75) is 18.5 Å². The molecule has 0 aromatic heterocycles. The van der Waals surface area contributed by atoms with Crippen molar-refractivity contribution in [3.63, 3.8) is 0 Å². The van der Waals surface area contributed by atoms with Crippen molar-refractivity contribution >= 4 is 40.1 Å². The van der Waals surface area contributed by atoms with Crippen molar-refractivity contribution < 1.29 is 23.1 Å². The summed E-state index contributed by atoms with van der Waals surface area (Å²) in [6.45, 7) is 1.72. The summed E-state index contributed by atoms with van der Waals surface area (Å²) < 4.78 is 39.1. The fourth-order valence-electron chi connectivity index (χ4n) is 7.31. The van der Waals surface area contributed by atoms with Crippen LogP contribution in [0.1, 0.15) is 43.7 Å². The van der Waals surface area contributed by atoms with Gasteiger partial charge in [-0.1, -0.05) is 84.9 Å². The molecule has 1 aliphatic carbocycles. The zero-order chi connectivity index (χ0) is 41.1. The molecule has 0 atom stereocenters. The van der Waals surface area contributed by atoms with Gasteiger partial charge in [-0.2, -0.15) is 13.2 Å². The van der Waals surface area contributed by atoms with E-state index in [0.29, 0.717) is 28.2 Å². The number of benzene rings is 7. The third-order valence-corrected chi connectivity index (χ3v) is 9.75. The lowest BCUT2D eigenvalue weighted by molar-refractivity contribution is -0.137. The molecule has 0 saturated heterocycles. The van der Waals surface area contributed by atoms with Crippen LogP contribution in [-0.2, 0) is 11.6 Å². The largest absolute Gasteiger partial charge is 0.478 e. The van der Waals surface area contributed by atoms with E-state index >= 15 is 0 Å². The lowest BCUT2D eigenvalue weighted by atomic mass is 9.67. The molecule has 0 aliphatic heterocycles. The maximum Gasteiger partial charge on any atom is 0.417 e. The van der Waals surface area contributed by atoms with Crippen LogP contribution in [0.2, 0.25) is 0 Å². The fraction of sp³-hybridized carbons (Fsp3) is 0.0652. The normalized spacial score (nSPS) is 12.2. The number of rotatable bonds is 4. The van der Waals surface area contributed by atoms with Gasteiger partial charge in [-0.05, 0) is 124 Å². The van der Waals surface area contributed by atoms with Crippen LogP contribution in [0.25, 0.3) is 22.3 Å². The zero-order valence-corrected chi connectivity index (χ0v) is 30.9. The van der Waals surface area contributed by atoms with Crippen molar-refractivity contribution in [2.24, 2.45) is 0 Å². The van der Waals surface area contributed by atoms with Crippen molar-refractivity contribution in [1.29, 1.82) is 0 Å². The summed E-state index contributed by atoms with van der Waals surface area (Å²) in [5.74, 6) is -1.02. The van der Waals surface area contributed by atoms with Gasteiger partial charge in [0.05, 0.1) is 16.5 Å². The number of alkyl halides is 3. The molecule has 0 spiro atoms. The highest BCUT2D eigenvalue weighted by molar-refractivity contribution is 5.90. The lowest BCUT2D eigenvalue weighted by Gasteiger charge is -2.34. The Balaban J connectivity index is 0.000000159. The first kappa shape index (κ1) is 39.3. The van der Waals surface area contributed by atoms with Crippen LogP contribution < -0.4 is 34.4 Å². The number of carboxylic acids is 1. The van der Waals surface area contributed by atoms with E-state index in [1.54, 1.807) is 25.1 Å². The van der Waals surface area contributed by atoms with E-state index in [9.17, 15) is 18.0 Å². The molecule has 0 bridgehead atoms. The second-order valence-corrected chi connectivity index (χ2v) is 13.7. The molecule has 8 rings (SSSR count). The predicted molar refractivity (Wildman–Crippen MR) is 225 cm³/mol. The van der Waals surface area contributed by atoms with Crippen molar-refractivity contribution in [3.05, 3.63) is 191 Å². The summed E-state index contributed by atoms with van der Waals surface area (Å²) >= 11 is 0. The highest BCUT2D eigenvalue weighted by Gasteiger charge is 2.45. The molecule has 13 N–H and O–H groups in total. The second-order valence-electron chi connectivity index (χ2n) is 13.7. The van der Waals surface area contributed by atoms with E-state index in [-0.39, 0.29) is 22.2 Å². The molecular formula is C46H41F3N6O2. The number of aromatic carboxylic acids is 1. The Labute approximate surface area is 328 Å². The Morgan fingerprint density at radius 1 is 0.491 bits per heavy atom. The number of hydrogen-bond donors (Lipinski definition) is 7. The van der Waals surface area contributed by atoms with E-state index in [2.05, 4.69) is 72.8 Å². The minimum absolute atomic E-state index is 0.0872. The monoisotopic (exact) mass is 766 g/mol. The summed E-state index contributed by atoms with van der Waals surface area (Å²) in [6.07, 6.45) is -4.45. The van der Waals surface area contributed by atoms with Crippen LogP contribution >= 0.6 is 0 Å². The van der Waals surface area contributed by atoms with E-state index in [0.717, 1.165) is 17.4 Å². The lowest BCUT2D eigenvalue weighted by Crippen LogP contribution is -2.28. The van der Waals surface area contributed by atoms with Gasteiger partial charge in [0.15, 0.2) is 0 Å². The van der Waals surface area contributed by atoms with Gasteiger partial charge in [0.25, 0.3) is 0 Å². The van der Waals surface area contributed by atoms with Crippen LogP contribution in [0.4, 0.5) is 47.3 Å². The maximum absolute atomic E-state index is 13.0. The quantitative estimate of drug-likeness (QED) is 0.0861. The van der Waals surface area contributed by atoms with Gasteiger partial charge in [0.2, 0.25) is 0 Å². The molecule has 7 aromatic carbocycles. The number of carboxylic acid groups (broad SMARTS) is 1. The number of nitrogens with two attached hydrogens (primary N) is 6. The molecule has 57 heavy (non-hydrogen) atoms. The van der Waals surface area contributed by atoms with E-state index in [1.807, 2.05) is 24.3 Å². The Hall–Kier alpha value is -7.40. The molecule has 8 nitrogen and oxygen atoms in total. The molecule has 11 heteroatoms. The molecule has 1 aliphatic rings. The van der Waals surface area contributed by atoms with Gasteiger partial charge in [0.1, 0.15) is 0 Å². The number of hydrogen-bond acceptors (Lipinski definition) is 7. The first-order chi connectivity index (χ1) is 27.1. The average molecular weight is 767 g/mol. The van der Waals surface area contributed by atoms with Crippen LogP contribution in [0.5, 0.6) is 0 Å². The molecule has 0 radical (unpaired) electrons. The Morgan fingerprint density at radius 3 is 1.35 bits per heavy atom. The van der Waals surface area contributed by atoms with Crippen molar-refractivity contribution in [1.82, 2.24) is 0 Å². The Morgan fingerprint density at radius 2 is 0.912 bits per heavy atom. The summed E-state index contributed by atoms with van der Waals surface area (Å²) in [6, 6.07) is 46.7. The number of nitrogen functional groups attached to an aromatic ring is 6. The number of fused-ring (bicyclic) bond motifs is 3. The molecule has 0 heterocycles. The summed E-state index contributed by atoms with van der Waals surface area (Å²) in [5.41, 5.74) is 44.5. The topological polar surface area (TPSA) is 193 Å². The number of carbonyl (C=O) groups is 1. The summed E-state index contributed by atoms with van der Waals surface area (Å²) in [4.78, 5) is 10.4. The first-order valence-electron chi connectivity index (χ1n) is 17.7. The summed E-state index contributed by atoms with van der Waals surface area (Å²) in [7, 11) is 0. The maximum atomic E-state index is 13.0. The molecule has 288 valence electrons. The molecule has 0 amide bonds. The summed E-state index contributed by atoms with van der Waals surface area (Å²) in [5, 5.41) is 8.52. The van der Waals surface area contributed by atoms with Gasteiger partial charge >= 0.3 is 12.1 Å². The minimum atomic E-state index is -4.45. The van der Waals surface area contributed by atoms with Crippen molar-refractivity contribution in [3.8, 4) is 22.3 Å². The fourth-order valence-corrected chi connectivity index (χ4v) is 7.31. The molecule has 0 saturated carbocycles. The smallest absolute Gasteiger partial charge is 0.417 e. The average Bonchev–Trinajstić information content (AvgIpc) is 3.47. The molecule has 7 aromatic rings. The van der Waals surface area contributed by atoms with Crippen LogP contribution in [-0.4, -0.2) is 11.1 Å². The van der Waals surface area contributed by atoms with Gasteiger partial charge in [-0.15, -0.1) is 0 Å². The predicted octanol–water partition coefficient (Wildman–Crippen LogP) is 9.61. The van der Waals surface area contributed by atoms with Gasteiger partial charge < -0.3 is 39.5 Å². The SMILES string of the molecule is Cc1cc(N)ccc1-c1ccc(N)cc1C(F)(F)F.Nc1cc(N)cc(C(=O)O)c1.Nc1ccc(C2(c3ccc(N)cc3)c3ccccc3-c3ccccc32)cc1. The third-order valence-electron chi connectivity index (χ3n) is 9.75. The van der Waals surface area contributed by atoms with Gasteiger partial charge in [-0.3, -0.25) is 0 Å². The molecule has 0 unspecified atom stereocenters. The number of anilines is 6. The number of halogens is 3. The highest BCUT2D eigenvalue weighted by Crippen LogP contribution is 2.56. The Bertz CT molecular complexity index is 2460. The molecule has 0 fully saturated rings. The highest BCUT2D eigenvalue weighted by atomic mass is 19.4. The van der Waals surface area contributed by atoms with E-state index < -0.39 is 17.7 Å². The standard InChI is InChI=1S/C25H20N2.C14H13F3N2.C7H8N2O2/c26-19-13-9-17(10-14-19)25(18-11-15-20(27)16-12-18)23-7-3-1-5-21(23)22-6-2-4-8-24(22)25;1-8-6-9(18)2-4-11(8)12-5-3-10(19)7-13(12)14(15,16)17;8-5-1-4(7(10)11)2-6(9)3-5/h1-16H,26-27H2;2-7H,18-19H2,1H3;1-3H,8-9H2,(H,10,11). The van der Waals surface area contributed by atoms with Crippen LogP contribution in [0, 0.1) is 6.92 Å². The minimum Gasteiger partial charge on any atom is -0.478 e. The molecular weight excluding hydrogens is 726 g/mol. The third kappa shape index (κ3) is 8.04. The van der Waals surface area contributed by atoms with Crippen LogP contribution in [0.15, 0.2) is 152 Å². The zero-order valence-electron chi connectivity index (χ0n) is 30.9. The van der Waals surface area contributed by atoms with Gasteiger partial charge in [0, 0.05) is 34.1 Å². The first-order valence-corrected chi connectivity index (χ1v) is 17.7. The van der Waals surface area contributed by atoms with Crippen LogP contribution in [0.3, 0.4) is 0 Å². The Kier molecular flexibility index (Phi) is 10.9. The van der Waals surface area contributed by atoms with Crippen molar-refractivity contribution in [2.75, 3.05) is 34.4 Å². The second kappa shape index (κ2) is 15.8.